The highest BCUT2D eigenvalue weighted by Crippen LogP contribution is 2.32. The maximum atomic E-state index is 12.9. The summed E-state index contributed by atoms with van der Waals surface area (Å²) in [5.41, 5.74) is 0.916. The molecule has 1 aliphatic heterocycles. The molecule has 1 aromatic heterocycles. The highest BCUT2D eigenvalue weighted by Gasteiger charge is 2.34. The van der Waals surface area contributed by atoms with Gasteiger partial charge >= 0.3 is 0 Å². The second-order valence-corrected chi connectivity index (χ2v) is 6.85. The normalized spacial score (nSPS) is 17.7. The van der Waals surface area contributed by atoms with Gasteiger partial charge in [-0.3, -0.25) is 10.1 Å². The lowest BCUT2D eigenvalue weighted by molar-refractivity contribution is -0.131. The summed E-state index contributed by atoms with van der Waals surface area (Å²) in [5, 5.41) is 7.45. The van der Waals surface area contributed by atoms with Crippen molar-refractivity contribution in [2.45, 2.75) is 31.8 Å². The van der Waals surface area contributed by atoms with Crippen molar-refractivity contribution in [3.63, 3.8) is 0 Å². The van der Waals surface area contributed by atoms with Gasteiger partial charge < -0.3 is 14.2 Å². The van der Waals surface area contributed by atoms with Crippen LogP contribution in [0, 0.1) is 12.8 Å². The molecule has 0 bridgehead atoms. The highest BCUT2D eigenvalue weighted by atomic mass is 16.5. The quantitative estimate of drug-likeness (QED) is 0.853. The molecule has 1 saturated heterocycles. The van der Waals surface area contributed by atoms with Gasteiger partial charge in [0.1, 0.15) is 6.04 Å². The van der Waals surface area contributed by atoms with Gasteiger partial charge in [-0.25, -0.2) is 0 Å². The summed E-state index contributed by atoms with van der Waals surface area (Å²) in [6, 6.07) is 9.05. The molecular formula is C19H26N4O3. The number of benzene rings is 1. The number of hydrogen-bond donors (Lipinski definition) is 1. The van der Waals surface area contributed by atoms with E-state index in [-0.39, 0.29) is 17.9 Å². The van der Waals surface area contributed by atoms with E-state index in [4.69, 9.17) is 9.26 Å². The number of carbonyl (C=O) groups excluding carboxylic acids is 1. The maximum absolute atomic E-state index is 12.9. The maximum Gasteiger partial charge on any atom is 0.244 e. The predicted molar refractivity (Wildman–Crippen MR) is 96.3 cm³/mol. The van der Waals surface area contributed by atoms with Gasteiger partial charge in [0.05, 0.1) is 6.04 Å². The standard InChI is InChI=1S/C19H26N4O3/c1-13-20-18(26-22-13)16(15-9-11-25-12-10-15)21-17(19(24)23(2)3)14-7-5-4-6-8-14/h4-8,15-17,21H,9-12H2,1-3H3/t16-,17-/m0/s1. The molecule has 1 aromatic carbocycles. The molecule has 7 heteroatoms. The molecule has 0 saturated carbocycles. The number of carbonyl (C=O) groups is 1. The summed E-state index contributed by atoms with van der Waals surface area (Å²) < 4.78 is 11.0. The first-order valence-corrected chi connectivity index (χ1v) is 8.96. The van der Waals surface area contributed by atoms with Gasteiger partial charge in [-0.05, 0) is 31.2 Å². The molecule has 1 N–H and O–H groups in total. The van der Waals surface area contributed by atoms with Crippen molar-refractivity contribution in [1.29, 1.82) is 0 Å². The van der Waals surface area contributed by atoms with Gasteiger partial charge in [-0.2, -0.15) is 4.98 Å². The summed E-state index contributed by atoms with van der Waals surface area (Å²) in [4.78, 5) is 18.9. The predicted octanol–water partition coefficient (Wildman–Crippen LogP) is 2.26. The molecule has 0 aliphatic carbocycles. The Kier molecular flexibility index (Phi) is 6.00. The third-order valence-electron chi connectivity index (χ3n) is 4.71. The van der Waals surface area contributed by atoms with Crippen molar-refractivity contribution >= 4 is 5.91 Å². The van der Waals surface area contributed by atoms with Crippen LogP contribution in [0.15, 0.2) is 34.9 Å². The van der Waals surface area contributed by atoms with Crippen molar-refractivity contribution in [1.82, 2.24) is 20.4 Å². The molecule has 26 heavy (non-hydrogen) atoms. The lowest BCUT2D eigenvalue weighted by Crippen LogP contribution is -2.42. The number of nitrogens with zero attached hydrogens (tertiary/aromatic N) is 3. The Morgan fingerprint density at radius 3 is 2.50 bits per heavy atom. The van der Waals surface area contributed by atoms with Crippen LogP contribution in [0.25, 0.3) is 0 Å². The van der Waals surface area contributed by atoms with Crippen molar-refractivity contribution in [2.75, 3.05) is 27.3 Å². The number of nitrogens with one attached hydrogen (secondary N) is 1. The van der Waals surface area contributed by atoms with Crippen LogP contribution in [0.4, 0.5) is 0 Å². The first kappa shape index (κ1) is 18.5. The Labute approximate surface area is 153 Å². The second kappa shape index (κ2) is 8.42. The first-order chi connectivity index (χ1) is 12.6. The summed E-state index contributed by atoms with van der Waals surface area (Å²) in [5.74, 6) is 1.38. The largest absolute Gasteiger partial charge is 0.381 e. The first-order valence-electron chi connectivity index (χ1n) is 8.96. The van der Waals surface area contributed by atoms with Crippen LogP contribution >= 0.6 is 0 Å². The molecular weight excluding hydrogens is 332 g/mol. The second-order valence-electron chi connectivity index (χ2n) is 6.85. The van der Waals surface area contributed by atoms with Crippen LogP contribution in [0.5, 0.6) is 0 Å². The Morgan fingerprint density at radius 2 is 1.92 bits per heavy atom. The van der Waals surface area contributed by atoms with E-state index in [0.717, 1.165) is 18.4 Å². The van der Waals surface area contributed by atoms with Gasteiger partial charge in [0.25, 0.3) is 0 Å². The monoisotopic (exact) mass is 358 g/mol. The molecule has 140 valence electrons. The van der Waals surface area contributed by atoms with Crippen LogP contribution in [-0.4, -0.2) is 48.3 Å². The fourth-order valence-electron chi connectivity index (χ4n) is 3.29. The zero-order valence-corrected chi connectivity index (χ0v) is 15.5. The fraction of sp³-hybridized carbons (Fsp3) is 0.526. The lowest BCUT2D eigenvalue weighted by Gasteiger charge is -2.32. The lowest BCUT2D eigenvalue weighted by atomic mass is 9.90. The molecule has 2 atom stereocenters. The van der Waals surface area contributed by atoms with E-state index in [2.05, 4.69) is 15.5 Å². The SMILES string of the molecule is Cc1noc([C@@H](N[C@H](C(=O)N(C)C)c2ccccc2)C2CCOCC2)n1. The van der Waals surface area contributed by atoms with Crippen molar-refractivity contribution in [2.24, 2.45) is 5.92 Å². The number of likely N-dealkylation sites (N-methyl/N-ethyl adjacent to an activating group) is 1. The van der Waals surface area contributed by atoms with E-state index in [9.17, 15) is 4.79 Å². The molecule has 2 heterocycles. The summed E-state index contributed by atoms with van der Waals surface area (Å²) in [6.45, 7) is 3.20. The smallest absolute Gasteiger partial charge is 0.244 e. The minimum atomic E-state index is -0.480. The molecule has 3 rings (SSSR count). The van der Waals surface area contributed by atoms with Gasteiger partial charge in [-0.15, -0.1) is 0 Å². The molecule has 1 aliphatic rings. The topological polar surface area (TPSA) is 80.5 Å². The van der Waals surface area contributed by atoms with Crippen molar-refractivity contribution in [3.8, 4) is 0 Å². The summed E-state index contributed by atoms with van der Waals surface area (Å²) >= 11 is 0. The Balaban J connectivity index is 1.92. The zero-order valence-electron chi connectivity index (χ0n) is 15.5. The summed E-state index contributed by atoms with van der Waals surface area (Å²) in [6.07, 6.45) is 1.77. The van der Waals surface area contributed by atoms with E-state index in [1.54, 1.807) is 25.9 Å². The molecule has 0 unspecified atom stereocenters. The van der Waals surface area contributed by atoms with Crippen molar-refractivity contribution in [3.05, 3.63) is 47.6 Å². The van der Waals surface area contributed by atoms with Gasteiger partial charge in [-0.1, -0.05) is 35.5 Å². The van der Waals surface area contributed by atoms with E-state index in [1.807, 2.05) is 30.3 Å². The van der Waals surface area contributed by atoms with Gasteiger partial charge in [0.15, 0.2) is 5.82 Å². The Hall–Kier alpha value is -2.25. The molecule has 2 aromatic rings. The number of aryl methyl sites for hydroxylation is 1. The van der Waals surface area contributed by atoms with Gasteiger partial charge in [0.2, 0.25) is 11.8 Å². The molecule has 0 radical (unpaired) electrons. The van der Waals surface area contributed by atoms with Crippen LogP contribution in [0.3, 0.4) is 0 Å². The number of amides is 1. The molecule has 0 spiro atoms. The average Bonchev–Trinajstić information content (AvgIpc) is 3.09. The van der Waals surface area contributed by atoms with Crippen LogP contribution < -0.4 is 5.32 Å². The third kappa shape index (κ3) is 4.28. The molecule has 1 fully saturated rings. The van der Waals surface area contributed by atoms with Crippen LogP contribution in [0.2, 0.25) is 0 Å². The number of aromatic nitrogens is 2. The Morgan fingerprint density at radius 1 is 1.23 bits per heavy atom. The highest BCUT2D eigenvalue weighted by molar-refractivity contribution is 5.82. The average molecular weight is 358 g/mol. The minimum absolute atomic E-state index is 0.00973. The van der Waals surface area contributed by atoms with Crippen LogP contribution in [-0.2, 0) is 9.53 Å². The molecule has 7 nitrogen and oxygen atoms in total. The molecule has 1 amide bonds. The fourth-order valence-corrected chi connectivity index (χ4v) is 3.29. The Bertz CT molecular complexity index is 711. The number of ether oxygens (including phenoxy) is 1. The van der Waals surface area contributed by atoms with Crippen LogP contribution in [0.1, 0.15) is 42.2 Å². The third-order valence-corrected chi connectivity index (χ3v) is 4.71. The van der Waals surface area contributed by atoms with Gasteiger partial charge in [0, 0.05) is 27.3 Å². The van der Waals surface area contributed by atoms with E-state index < -0.39 is 6.04 Å². The minimum Gasteiger partial charge on any atom is -0.381 e. The van der Waals surface area contributed by atoms with Crippen molar-refractivity contribution < 1.29 is 14.1 Å². The number of hydrogen-bond acceptors (Lipinski definition) is 6. The van der Waals surface area contributed by atoms with E-state index in [0.29, 0.717) is 24.9 Å². The number of rotatable bonds is 6. The van der Waals surface area contributed by atoms with E-state index in [1.165, 1.54) is 0 Å². The summed E-state index contributed by atoms with van der Waals surface area (Å²) in [7, 11) is 3.53. The van der Waals surface area contributed by atoms with E-state index >= 15 is 0 Å². The zero-order chi connectivity index (χ0) is 18.5.